The van der Waals surface area contributed by atoms with Crippen LogP contribution in [-0.4, -0.2) is 23.8 Å². The number of hydrogen-bond donors (Lipinski definition) is 1. The molecule has 0 saturated heterocycles. The van der Waals surface area contributed by atoms with E-state index in [1.165, 1.54) is 0 Å². The van der Waals surface area contributed by atoms with Gasteiger partial charge in [0.25, 0.3) is 0 Å². The molecule has 1 unspecified atom stereocenters. The smallest absolute Gasteiger partial charge is 0.333 e. The van der Waals surface area contributed by atoms with Crippen molar-refractivity contribution in [3.63, 3.8) is 0 Å². The van der Waals surface area contributed by atoms with E-state index in [0.29, 0.717) is 18.6 Å². The minimum atomic E-state index is -0.251. The Bertz CT molecular complexity index is 269. The number of carbonyl (C=O) groups excluding carboxylic acids is 1. The van der Waals surface area contributed by atoms with E-state index in [-0.39, 0.29) is 12.1 Å². The molecule has 0 aliphatic heterocycles. The fourth-order valence-corrected chi connectivity index (χ4v) is 1.66. The van der Waals surface area contributed by atoms with Crippen molar-refractivity contribution in [3.8, 4) is 0 Å². The molecule has 0 aromatic heterocycles. The van der Waals surface area contributed by atoms with Crippen LogP contribution in [0.15, 0.2) is 24.3 Å². The quantitative estimate of drug-likeness (QED) is 0.281. The van der Waals surface area contributed by atoms with Gasteiger partial charge in [-0.2, -0.15) is 0 Å². The van der Waals surface area contributed by atoms with Gasteiger partial charge in [0.1, 0.15) is 0 Å². The van der Waals surface area contributed by atoms with E-state index in [2.05, 4.69) is 6.58 Å². The van der Waals surface area contributed by atoms with Crippen molar-refractivity contribution in [2.75, 3.05) is 6.61 Å². The van der Waals surface area contributed by atoms with E-state index in [4.69, 9.17) is 4.74 Å². The van der Waals surface area contributed by atoms with Gasteiger partial charge in [-0.25, -0.2) is 4.79 Å². The Morgan fingerprint density at radius 3 is 2.72 bits per heavy atom. The SMILES string of the molecule is C=CCC(O)CCCCC/C=C(\C)C(=O)OCC. The van der Waals surface area contributed by atoms with Crippen LogP contribution < -0.4 is 0 Å². The molecule has 3 nitrogen and oxygen atoms in total. The summed E-state index contributed by atoms with van der Waals surface area (Å²) in [7, 11) is 0. The van der Waals surface area contributed by atoms with Crippen LogP contribution in [0.1, 0.15) is 52.4 Å². The van der Waals surface area contributed by atoms with E-state index in [0.717, 1.165) is 32.1 Å². The molecule has 0 heterocycles. The van der Waals surface area contributed by atoms with E-state index in [1.807, 2.05) is 6.08 Å². The second-order valence-electron chi connectivity index (χ2n) is 4.42. The highest BCUT2D eigenvalue weighted by atomic mass is 16.5. The van der Waals surface area contributed by atoms with Crippen molar-refractivity contribution in [2.24, 2.45) is 0 Å². The Morgan fingerprint density at radius 1 is 1.39 bits per heavy atom. The molecular weight excluding hydrogens is 228 g/mol. The normalized spacial score (nSPS) is 13.2. The summed E-state index contributed by atoms with van der Waals surface area (Å²) in [5.74, 6) is -0.223. The van der Waals surface area contributed by atoms with Gasteiger partial charge >= 0.3 is 5.97 Å². The Hall–Kier alpha value is -1.09. The van der Waals surface area contributed by atoms with Gasteiger partial charge in [0.05, 0.1) is 12.7 Å². The van der Waals surface area contributed by atoms with Gasteiger partial charge in [-0.3, -0.25) is 0 Å². The third-order valence-corrected chi connectivity index (χ3v) is 2.73. The van der Waals surface area contributed by atoms with Gasteiger partial charge in [0.2, 0.25) is 0 Å². The first kappa shape index (κ1) is 16.9. The number of aliphatic hydroxyl groups is 1. The van der Waals surface area contributed by atoms with Crippen LogP contribution in [0.5, 0.6) is 0 Å². The molecule has 0 aliphatic carbocycles. The molecule has 0 spiro atoms. The van der Waals surface area contributed by atoms with Crippen molar-refractivity contribution in [2.45, 2.75) is 58.5 Å². The molecule has 0 fully saturated rings. The zero-order chi connectivity index (χ0) is 13.8. The molecule has 0 aliphatic rings. The zero-order valence-corrected chi connectivity index (χ0v) is 11.7. The van der Waals surface area contributed by atoms with Gasteiger partial charge < -0.3 is 9.84 Å². The monoisotopic (exact) mass is 254 g/mol. The highest BCUT2D eigenvalue weighted by molar-refractivity contribution is 5.87. The minimum Gasteiger partial charge on any atom is -0.463 e. The second-order valence-corrected chi connectivity index (χ2v) is 4.42. The summed E-state index contributed by atoms with van der Waals surface area (Å²) in [6, 6.07) is 0. The average molecular weight is 254 g/mol. The summed E-state index contributed by atoms with van der Waals surface area (Å²) in [4.78, 5) is 11.3. The molecule has 0 aromatic rings. The lowest BCUT2D eigenvalue weighted by Crippen LogP contribution is -2.05. The molecule has 0 radical (unpaired) electrons. The summed E-state index contributed by atoms with van der Waals surface area (Å²) in [6.07, 6.45) is 8.93. The van der Waals surface area contributed by atoms with Gasteiger partial charge in [-0.05, 0) is 39.5 Å². The lowest BCUT2D eigenvalue weighted by Gasteiger charge is -2.06. The summed E-state index contributed by atoms with van der Waals surface area (Å²) < 4.78 is 4.89. The second kappa shape index (κ2) is 11.0. The van der Waals surface area contributed by atoms with Crippen LogP contribution >= 0.6 is 0 Å². The number of ether oxygens (including phenoxy) is 1. The highest BCUT2D eigenvalue weighted by Crippen LogP contribution is 2.10. The molecule has 0 saturated carbocycles. The molecule has 0 rings (SSSR count). The third kappa shape index (κ3) is 8.99. The molecule has 0 aromatic carbocycles. The fraction of sp³-hybridized carbons (Fsp3) is 0.667. The Morgan fingerprint density at radius 2 is 2.11 bits per heavy atom. The Balaban J connectivity index is 3.57. The number of unbranched alkanes of at least 4 members (excludes halogenated alkanes) is 3. The first-order chi connectivity index (χ1) is 8.61. The molecule has 1 atom stereocenters. The number of allylic oxidation sites excluding steroid dienone is 1. The minimum absolute atomic E-state index is 0.223. The van der Waals surface area contributed by atoms with E-state index >= 15 is 0 Å². The fourth-order valence-electron chi connectivity index (χ4n) is 1.66. The first-order valence-corrected chi connectivity index (χ1v) is 6.74. The molecule has 104 valence electrons. The van der Waals surface area contributed by atoms with E-state index < -0.39 is 0 Å². The van der Waals surface area contributed by atoms with Gasteiger partial charge in [0.15, 0.2) is 0 Å². The topological polar surface area (TPSA) is 46.5 Å². The predicted molar refractivity (Wildman–Crippen MR) is 74.3 cm³/mol. The van der Waals surface area contributed by atoms with Crippen molar-refractivity contribution < 1.29 is 14.6 Å². The number of hydrogen-bond acceptors (Lipinski definition) is 3. The molecule has 1 N–H and O–H groups in total. The summed E-state index contributed by atoms with van der Waals surface area (Å²) in [5.41, 5.74) is 0.684. The van der Waals surface area contributed by atoms with E-state index in [1.54, 1.807) is 19.9 Å². The number of rotatable bonds is 10. The van der Waals surface area contributed by atoms with Crippen LogP contribution in [0.25, 0.3) is 0 Å². The molecule has 18 heavy (non-hydrogen) atoms. The Kier molecular flexibility index (Phi) is 10.4. The largest absolute Gasteiger partial charge is 0.463 e. The van der Waals surface area contributed by atoms with Crippen LogP contribution in [0.3, 0.4) is 0 Å². The van der Waals surface area contributed by atoms with E-state index in [9.17, 15) is 9.90 Å². The maximum atomic E-state index is 11.3. The summed E-state index contributed by atoms with van der Waals surface area (Å²) in [5, 5.41) is 9.48. The Labute approximate surface area is 111 Å². The average Bonchev–Trinajstić information content (AvgIpc) is 2.33. The van der Waals surface area contributed by atoms with Crippen LogP contribution in [0, 0.1) is 0 Å². The number of aliphatic hydroxyl groups excluding tert-OH is 1. The molecule has 0 amide bonds. The van der Waals surface area contributed by atoms with Crippen molar-refractivity contribution in [3.05, 3.63) is 24.3 Å². The van der Waals surface area contributed by atoms with Crippen LogP contribution in [-0.2, 0) is 9.53 Å². The third-order valence-electron chi connectivity index (χ3n) is 2.73. The van der Waals surface area contributed by atoms with Gasteiger partial charge in [-0.15, -0.1) is 6.58 Å². The van der Waals surface area contributed by atoms with Crippen LogP contribution in [0.2, 0.25) is 0 Å². The number of carbonyl (C=O) groups is 1. The first-order valence-electron chi connectivity index (χ1n) is 6.74. The van der Waals surface area contributed by atoms with Gasteiger partial charge in [0, 0.05) is 5.57 Å². The number of esters is 1. The maximum Gasteiger partial charge on any atom is 0.333 e. The maximum absolute atomic E-state index is 11.3. The molecule has 0 bridgehead atoms. The van der Waals surface area contributed by atoms with Gasteiger partial charge in [-0.1, -0.05) is 25.0 Å². The summed E-state index contributed by atoms with van der Waals surface area (Å²) >= 11 is 0. The zero-order valence-electron chi connectivity index (χ0n) is 11.7. The summed E-state index contributed by atoms with van der Waals surface area (Å²) in [6.45, 7) is 7.61. The standard InChI is InChI=1S/C15H26O3/c1-4-10-14(16)12-9-7-6-8-11-13(3)15(17)18-5-2/h4,11,14,16H,1,5-10,12H2,2-3H3/b13-11+. The van der Waals surface area contributed by atoms with Crippen LogP contribution in [0.4, 0.5) is 0 Å². The molecule has 3 heteroatoms. The predicted octanol–water partition coefficient (Wildman–Crippen LogP) is 3.38. The van der Waals surface area contributed by atoms with Crippen molar-refractivity contribution in [1.29, 1.82) is 0 Å². The highest BCUT2D eigenvalue weighted by Gasteiger charge is 2.03. The van der Waals surface area contributed by atoms with Crippen molar-refractivity contribution >= 4 is 5.97 Å². The lowest BCUT2D eigenvalue weighted by molar-refractivity contribution is -0.138. The lowest BCUT2D eigenvalue weighted by atomic mass is 10.1. The van der Waals surface area contributed by atoms with Crippen molar-refractivity contribution in [1.82, 2.24) is 0 Å². The molecular formula is C15H26O3.